The Labute approximate surface area is 83.6 Å². The summed E-state index contributed by atoms with van der Waals surface area (Å²) in [5, 5.41) is 0. The molecule has 0 radical (unpaired) electrons. The molecule has 1 nitrogen and oxygen atoms in total. The molecule has 0 bridgehead atoms. The predicted octanol–water partition coefficient (Wildman–Crippen LogP) is 3.43. The molecule has 2 aromatic rings. The van der Waals surface area contributed by atoms with E-state index >= 15 is 0 Å². The van der Waals surface area contributed by atoms with Crippen LogP contribution in [0.1, 0.15) is 0 Å². The second-order valence-electron chi connectivity index (χ2n) is 2.38. The molecule has 0 amide bonds. The minimum Gasteiger partial charge on any atom is -0.252 e. The van der Waals surface area contributed by atoms with Gasteiger partial charge in [0.1, 0.15) is 5.82 Å². The van der Waals surface area contributed by atoms with Gasteiger partial charge >= 0.3 is 0 Å². The van der Waals surface area contributed by atoms with E-state index in [1.54, 1.807) is 46.9 Å². The van der Waals surface area contributed by atoms with Crippen LogP contribution in [0.4, 0.5) is 4.39 Å². The van der Waals surface area contributed by atoms with E-state index < -0.39 is 0 Å². The zero-order chi connectivity index (χ0) is 9.10. The average Bonchev–Trinajstić information content (AvgIpc) is 2.62. The van der Waals surface area contributed by atoms with Crippen molar-refractivity contribution >= 4 is 23.1 Å². The number of halogens is 1. The topological polar surface area (TPSA) is 12.9 Å². The van der Waals surface area contributed by atoms with Crippen molar-refractivity contribution in [2.45, 2.75) is 9.10 Å². The highest BCUT2D eigenvalue weighted by atomic mass is 32.2. The third-order valence-corrected chi connectivity index (χ3v) is 3.36. The summed E-state index contributed by atoms with van der Waals surface area (Å²) < 4.78 is 13.7. The lowest BCUT2D eigenvalue weighted by atomic mass is 10.4. The Bertz CT molecular complexity index is 369. The van der Waals surface area contributed by atoms with Crippen molar-refractivity contribution in [2.24, 2.45) is 0 Å². The highest BCUT2D eigenvalue weighted by Gasteiger charge is 1.98. The summed E-state index contributed by atoms with van der Waals surface area (Å²) in [4.78, 5) is 4.99. The third kappa shape index (κ3) is 2.29. The highest BCUT2D eigenvalue weighted by Crippen LogP contribution is 2.29. The number of benzene rings is 1. The van der Waals surface area contributed by atoms with Gasteiger partial charge in [0.25, 0.3) is 0 Å². The van der Waals surface area contributed by atoms with Gasteiger partial charge in [0.2, 0.25) is 0 Å². The normalized spacial score (nSPS) is 10.2. The van der Waals surface area contributed by atoms with Crippen molar-refractivity contribution in [1.29, 1.82) is 0 Å². The molecule has 0 atom stereocenters. The van der Waals surface area contributed by atoms with Crippen LogP contribution in [0.25, 0.3) is 0 Å². The van der Waals surface area contributed by atoms with Crippen molar-refractivity contribution in [2.75, 3.05) is 0 Å². The van der Waals surface area contributed by atoms with Crippen molar-refractivity contribution in [3.8, 4) is 0 Å². The first kappa shape index (κ1) is 8.72. The molecular weight excluding hydrogens is 205 g/mol. The van der Waals surface area contributed by atoms with Gasteiger partial charge in [0.05, 0.1) is 15.9 Å². The van der Waals surface area contributed by atoms with Crippen LogP contribution < -0.4 is 0 Å². The summed E-state index contributed by atoms with van der Waals surface area (Å²) in [6.07, 6.45) is 1.80. The van der Waals surface area contributed by atoms with E-state index in [0.717, 1.165) is 9.10 Å². The zero-order valence-electron chi connectivity index (χ0n) is 6.61. The minimum atomic E-state index is -0.200. The van der Waals surface area contributed by atoms with Crippen molar-refractivity contribution in [3.63, 3.8) is 0 Å². The number of thiazole rings is 1. The fourth-order valence-electron chi connectivity index (χ4n) is 0.873. The summed E-state index contributed by atoms with van der Waals surface area (Å²) in [5.41, 5.74) is 1.78. The monoisotopic (exact) mass is 211 g/mol. The van der Waals surface area contributed by atoms with Crippen LogP contribution in [0.2, 0.25) is 0 Å². The van der Waals surface area contributed by atoms with Gasteiger partial charge < -0.3 is 0 Å². The molecular formula is C9H6FNS2. The lowest BCUT2D eigenvalue weighted by Crippen LogP contribution is -1.72. The second kappa shape index (κ2) is 3.89. The summed E-state index contributed by atoms with van der Waals surface area (Å²) >= 11 is 3.17. The van der Waals surface area contributed by atoms with Crippen LogP contribution >= 0.6 is 23.1 Å². The van der Waals surface area contributed by atoms with Gasteiger partial charge in [-0.3, -0.25) is 4.98 Å². The van der Waals surface area contributed by atoms with E-state index in [-0.39, 0.29) is 5.82 Å². The fraction of sp³-hybridized carbons (Fsp3) is 0. The molecule has 0 aliphatic carbocycles. The van der Waals surface area contributed by atoms with E-state index in [2.05, 4.69) is 4.98 Å². The summed E-state index contributed by atoms with van der Waals surface area (Å²) in [6, 6.07) is 6.45. The van der Waals surface area contributed by atoms with Crippen LogP contribution in [-0.4, -0.2) is 4.98 Å². The Hall–Kier alpha value is -0.870. The summed E-state index contributed by atoms with van der Waals surface area (Å²) in [7, 11) is 0. The Balaban J connectivity index is 2.15. The van der Waals surface area contributed by atoms with Crippen LogP contribution in [0.5, 0.6) is 0 Å². The Morgan fingerprint density at radius 2 is 2.00 bits per heavy atom. The maximum absolute atomic E-state index is 12.5. The molecule has 66 valence electrons. The number of aromatic nitrogens is 1. The van der Waals surface area contributed by atoms with Crippen molar-refractivity contribution in [3.05, 3.63) is 41.8 Å². The summed E-state index contributed by atoms with van der Waals surface area (Å²) in [6.45, 7) is 0. The molecule has 0 N–H and O–H groups in total. The molecule has 1 heterocycles. The highest BCUT2D eigenvalue weighted by molar-refractivity contribution is 8.01. The SMILES string of the molecule is Fc1ccc(Sc2cncs2)cc1. The second-order valence-corrected chi connectivity index (χ2v) is 4.64. The van der Waals surface area contributed by atoms with E-state index in [1.165, 1.54) is 12.1 Å². The maximum atomic E-state index is 12.5. The third-order valence-electron chi connectivity index (χ3n) is 1.44. The van der Waals surface area contributed by atoms with E-state index in [0.29, 0.717) is 0 Å². The van der Waals surface area contributed by atoms with Crippen LogP contribution in [0.3, 0.4) is 0 Å². The van der Waals surface area contributed by atoms with Crippen LogP contribution in [0, 0.1) is 5.82 Å². The molecule has 1 aromatic carbocycles. The molecule has 0 aliphatic rings. The molecule has 0 spiro atoms. The molecule has 13 heavy (non-hydrogen) atoms. The first-order valence-corrected chi connectivity index (χ1v) is 5.36. The summed E-state index contributed by atoms with van der Waals surface area (Å²) in [5.74, 6) is -0.200. The Kier molecular flexibility index (Phi) is 2.61. The van der Waals surface area contributed by atoms with E-state index in [9.17, 15) is 4.39 Å². The van der Waals surface area contributed by atoms with Gasteiger partial charge in [-0.2, -0.15) is 0 Å². The van der Waals surface area contributed by atoms with Gasteiger partial charge in [-0.1, -0.05) is 11.8 Å². The molecule has 0 saturated carbocycles. The predicted molar refractivity (Wildman–Crippen MR) is 52.6 cm³/mol. The molecule has 0 fully saturated rings. The standard InChI is InChI=1S/C9H6FNS2/c10-7-1-3-8(4-2-7)13-9-5-11-6-12-9/h1-6H. The number of hydrogen-bond acceptors (Lipinski definition) is 3. The van der Waals surface area contributed by atoms with Gasteiger partial charge in [-0.05, 0) is 24.3 Å². The molecule has 1 aromatic heterocycles. The van der Waals surface area contributed by atoms with Crippen LogP contribution in [0.15, 0.2) is 45.1 Å². The van der Waals surface area contributed by atoms with E-state index in [1.807, 2.05) is 0 Å². The number of rotatable bonds is 2. The molecule has 0 aliphatic heterocycles. The quantitative estimate of drug-likeness (QED) is 0.754. The minimum absolute atomic E-state index is 0.200. The molecule has 0 saturated heterocycles. The fourth-order valence-corrected chi connectivity index (χ4v) is 2.45. The van der Waals surface area contributed by atoms with Crippen molar-refractivity contribution < 1.29 is 4.39 Å². The smallest absolute Gasteiger partial charge is 0.123 e. The van der Waals surface area contributed by atoms with Crippen molar-refractivity contribution in [1.82, 2.24) is 4.98 Å². The zero-order valence-corrected chi connectivity index (χ0v) is 8.24. The first-order valence-electron chi connectivity index (χ1n) is 3.66. The first-order chi connectivity index (χ1) is 6.34. The number of nitrogens with zero attached hydrogens (tertiary/aromatic N) is 1. The average molecular weight is 211 g/mol. The maximum Gasteiger partial charge on any atom is 0.123 e. The van der Waals surface area contributed by atoms with Gasteiger partial charge in [-0.15, -0.1) is 11.3 Å². The Morgan fingerprint density at radius 1 is 1.23 bits per heavy atom. The molecule has 4 heteroatoms. The lowest BCUT2D eigenvalue weighted by Gasteiger charge is -1.96. The number of hydrogen-bond donors (Lipinski definition) is 0. The van der Waals surface area contributed by atoms with E-state index in [4.69, 9.17) is 0 Å². The molecule has 0 unspecified atom stereocenters. The molecule has 2 rings (SSSR count). The largest absolute Gasteiger partial charge is 0.252 e. The van der Waals surface area contributed by atoms with Gasteiger partial charge in [0.15, 0.2) is 0 Å². The lowest BCUT2D eigenvalue weighted by molar-refractivity contribution is 0.626. The van der Waals surface area contributed by atoms with Gasteiger partial charge in [0, 0.05) is 4.90 Å². The van der Waals surface area contributed by atoms with Crippen LogP contribution in [-0.2, 0) is 0 Å². The Morgan fingerprint density at radius 3 is 2.62 bits per heavy atom. The van der Waals surface area contributed by atoms with Gasteiger partial charge in [-0.25, -0.2) is 4.39 Å².